The van der Waals surface area contributed by atoms with E-state index in [0.717, 1.165) is 37.2 Å². The zero-order valence-corrected chi connectivity index (χ0v) is 17.2. The molecule has 3 atom stereocenters. The lowest BCUT2D eigenvalue weighted by Crippen LogP contribution is -2.37. The Labute approximate surface area is 168 Å². The molecule has 0 saturated heterocycles. The topological polar surface area (TPSA) is 38.7 Å². The molecule has 3 heteroatoms. The summed E-state index contributed by atoms with van der Waals surface area (Å²) in [6.45, 7) is 6.72. The highest BCUT2D eigenvalue weighted by Crippen LogP contribution is 2.42. The molecule has 4 rings (SSSR count). The maximum Gasteiger partial charge on any atom is 0.119 e. The van der Waals surface area contributed by atoms with Crippen LogP contribution in [0, 0.1) is 5.92 Å². The molecule has 0 spiro atoms. The van der Waals surface area contributed by atoms with Gasteiger partial charge < -0.3 is 14.6 Å². The third kappa shape index (κ3) is 4.70. The van der Waals surface area contributed by atoms with Crippen LogP contribution < -0.4 is 9.47 Å². The van der Waals surface area contributed by atoms with Crippen LogP contribution in [0.5, 0.6) is 11.5 Å². The molecular weight excluding hydrogens is 348 g/mol. The fourth-order valence-electron chi connectivity index (χ4n) is 4.01. The highest BCUT2D eigenvalue weighted by atomic mass is 16.5. The van der Waals surface area contributed by atoms with Gasteiger partial charge in [0.05, 0.1) is 6.10 Å². The molecule has 0 heterocycles. The van der Waals surface area contributed by atoms with Gasteiger partial charge in [0.15, 0.2) is 0 Å². The quantitative estimate of drug-likeness (QED) is 0.641. The number of hydrogen-bond donors (Lipinski definition) is 1. The van der Waals surface area contributed by atoms with E-state index in [4.69, 9.17) is 9.47 Å². The Balaban J connectivity index is 1.23. The lowest BCUT2D eigenvalue weighted by Gasteiger charge is -2.31. The largest absolute Gasteiger partial charge is 0.490 e. The summed E-state index contributed by atoms with van der Waals surface area (Å²) in [5.41, 5.74) is 2.71. The SMILES string of the molecule is CC(C)c1ccc(OC2CC2CC(C)c2ccc(OC3CC(O)C3)cc2)cc1. The fourth-order valence-corrected chi connectivity index (χ4v) is 4.01. The van der Waals surface area contributed by atoms with Crippen LogP contribution in [-0.2, 0) is 0 Å². The molecule has 0 aliphatic heterocycles. The molecule has 2 aliphatic carbocycles. The monoisotopic (exact) mass is 380 g/mol. The van der Waals surface area contributed by atoms with Crippen molar-refractivity contribution in [3.8, 4) is 11.5 Å². The third-order valence-corrected chi connectivity index (χ3v) is 6.17. The summed E-state index contributed by atoms with van der Waals surface area (Å²) >= 11 is 0. The summed E-state index contributed by atoms with van der Waals surface area (Å²) in [4.78, 5) is 0. The van der Waals surface area contributed by atoms with Gasteiger partial charge in [0.25, 0.3) is 0 Å². The molecule has 0 bridgehead atoms. The molecule has 1 N–H and O–H groups in total. The molecule has 0 amide bonds. The summed E-state index contributed by atoms with van der Waals surface area (Å²) in [6, 6.07) is 17.0. The lowest BCUT2D eigenvalue weighted by atomic mass is 9.92. The molecule has 3 unspecified atom stereocenters. The van der Waals surface area contributed by atoms with Crippen molar-refractivity contribution in [3.63, 3.8) is 0 Å². The molecule has 2 fully saturated rings. The Hall–Kier alpha value is -2.00. The average molecular weight is 381 g/mol. The standard InChI is InChI=1S/C25H32O3/c1-16(2)18-4-8-23(9-5-18)28-25-13-20(25)12-17(3)19-6-10-22(11-7-19)27-24-14-21(26)15-24/h4-11,16-17,20-21,24-26H,12-15H2,1-3H3. The van der Waals surface area contributed by atoms with Crippen molar-refractivity contribution < 1.29 is 14.6 Å². The number of aliphatic hydroxyl groups is 1. The molecule has 2 aromatic carbocycles. The number of aliphatic hydroxyl groups excluding tert-OH is 1. The van der Waals surface area contributed by atoms with Gasteiger partial charge in [0.1, 0.15) is 23.7 Å². The van der Waals surface area contributed by atoms with Gasteiger partial charge in [-0.3, -0.25) is 0 Å². The van der Waals surface area contributed by atoms with E-state index in [1.807, 2.05) is 0 Å². The number of rotatable bonds is 8. The highest BCUT2D eigenvalue weighted by Gasteiger charge is 2.40. The van der Waals surface area contributed by atoms with Crippen LogP contribution in [0.4, 0.5) is 0 Å². The Morgan fingerprint density at radius 1 is 0.821 bits per heavy atom. The van der Waals surface area contributed by atoms with Crippen molar-refractivity contribution in [2.24, 2.45) is 5.92 Å². The Bertz CT molecular complexity index is 759. The smallest absolute Gasteiger partial charge is 0.119 e. The summed E-state index contributed by atoms with van der Waals surface area (Å²) in [7, 11) is 0. The van der Waals surface area contributed by atoms with Crippen LogP contribution in [0.1, 0.15) is 69.4 Å². The van der Waals surface area contributed by atoms with Crippen molar-refractivity contribution in [1.82, 2.24) is 0 Å². The summed E-state index contributed by atoms with van der Waals surface area (Å²) in [5.74, 6) is 3.62. The second-order valence-corrected chi connectivity index (χ2v) is 8.95. The minimum absolute atomic E-state index is 0.175. The molecule has 150 valence electrons. The predicted molar refractivity (Wildman–Crippen MR) is 112 cm³/mol. The first-order valence-electron chi connectivity index (χ1n) is 10.7. The van der Waals surface area contributed by atoms with Gasteiger partial charge in [-0.1, -0.05) is 45.0 Å². The zero-order valence-electron chi connectivity index (χ0n) is 17.2. The van der Waals surface area contributed by atoms with Crippen LogP contribution in [0.2, 0.25) is 0 Å². The molecule has 0 radical (unpaired) electrons. The Morgan fingerprint density at radius 3 is 1.96 bits per heavy atom. The number of hydrogen-bond acceptors (Lipinski definition) is 3. The van der Waals surface area contributed by atoms with Crippen LogP contribution in [-0.4, -0.2) is 23.4 Å². The normalized spacial score (nSPS) is 27.2. The first-order chi connectivity index (χ1) is 13.5. The average Bonchev–Trinajstić information content (AvgIpc) is 3.38. The minimum Gasteiger partial charge on any atom is -0.490 e. The first kappa shape index (κ1) is 19.3. The molecule has 2 saturated carbocycles. The van der Waals surface area contributed by atoms with E-state index in [1.165, 1.54) is 11.1 Å². The first-order valence-corrected chi connectivity index (χ1v) is 10.7. The molecule has 0 aromatic heterocycles. The maximum atomic E-state index is 9.36. The van der Waals surface area contributed by atoms with E-state index in [0.29, 0.717) is 23.9 Å². The molecule has 2 aliphatic rings. The fraction of sp³-hybridized carbons (Fsp3) is 0.520. The second-order valence-electron chi connectivity index (χ2n) is 8.95. The van der Waals surface area contributed by atoms with Crippen molar-refractivity contribution in [3.05, 3.63) is 59.7 Å². The van der Waals surface area contributed by atoms with E-state index in [1.54, 1.807) is 0 Å². The van der Waals surface area contributed by atoms with Crippen LogP contribution in [0.3, 0.4) is 0 Å². The summed E-state index contributed by atoms with van der Waals surface area (Å²) < 4.78 is 12.0. The molecule has 28 heavy (non-hydrogen) atoms. The van der Waals surface area contributed by atoms with Gasteiger partial charge in [-0.05, 0) is 66.0 Å². The summed E-state index contributed by atoms with van der Waals surface area (Å²) in [6.07, 6.45) is 4.18. The molecular formula is C25H32O3. The lowest BCUT2D eigenvalue weighted by molar-refractivity contribution is -0.0107. The molecule has 2 aromatic rings. The van der Waals surface area contributed by atoms with E-state index < -0.39 is 0 Å². The van der Waals surface area contributed by atoms with Gasteiger partial charge in [0, 0.05) is 12.8 Å². The van der Waals surface area contributed by atoms with Crippen molar-refractivity contribution in [1.29, 1.82) is 0 Å². The van der Waals surface area contributed by atoms with Crippen molar-refractivity contribution in [2.75, 3.05) is 0 Å². The Kier molecular flexibility index (Phi) is 5.63. The predicted octanol–water partition coefficient (Wildman–Crippen LogP) is 5.67. The van der Waals surface area contributed by atoms with E-state index in [2.05, 4.69) is 69.3 Å². The van der Waals surface area contributed by atoms with E-state index in [9.17, 15) is 5.11 Å². The van der Waals surface area contributed by atoms with Gasteiger partial charge in [-0.2, -0.15) is 0 Å². The van der Waals surface area contributed by atoms with Crippen LogP contribution in [0.15, 0.2) is 48.5 Å². The van der Waals surface area contributed by atoms with Gasteiger partial charge in [0.2, 0.25) is 0 Å². The van der Waals surface area contributed by atoms with Gasteiger partial charge in [-0.15, -0.1) is 0 Å². The minimum atomic E-state index is -0.175. The molecule has 3 nitrogen and oxygen atoms in total. The van der Waals surface area contributed by atoms with Crippen molar-refractivity contribution >= 4 is 0 Å². The highest BCUT2D eigenvalue weighted by molar-refractivity contribution is 5.31. The van der Waals surface area contributed by atoms with Crippen molar-refractivity contribution in [2.45, 2.75) is 76.6 Å². The zero-order chi connectivity index (χ0) is 19.7. The van der Waals surface area contributed by atoms with Gasteiger partial charge >= 0.3 is 0 Å². The van der Waals surface area contributed by atoms with E-state index in [-0.39, 0.29) is 12.2 Å². The number of benzene rings is 2. The third-order valence-electron chi connectivity index (χ3n) is 6.17. The Morgan fingerprint density at radius 2 is 1.39 bits per heavy atom. The van der Waals surface area contributed by atoms with Crippen LogP contribution >= 0.6 is 0 Å². The maximum absolute atomic E-state index is 9.36. The van der Waals surface area contributed by atoms with E-state index >= 15 is 0 Å². The van der Waals surface area contributed by atoms with Crippen LogP contribution in [0.25, 0.3) is 0 Å². The van der Waals surface area contributed by atoms with Gasteiger partial charge in [-0.25, -0.2) is 0 Å². The second kappa shape index (κ2) is 8.16. The summed E-state index contributed by atoms with van der Waals surface area (Å²) in [5, 5.41) is 9.36. The number of ether oxygens (including phenoxy) is 2.